The third-order valence-corrected chi connectivity index (χ3v) is 3.78. The zero-order valence-corrected chi connectivity index (χ0v) is 14.4. The number of aromatic nitrogens is 1. The van der Waals surface area contributed by atoms with E-state index in [1.165, 1.54) is 0 Å². The van der Waals surface area contributed by atoms with Crippen LogP contribution in [0.25, 0.3) is 0 Å². The van der Waals surface area contributed by atoms with Crippen LogP contribution in [0.4, 0.5) is 0 Å². The Hall–Kier alpha value is -2.40. The number of benzene rings is 1. The number of nitrogens with zero attached hydrogens (tertiary/aromatic N) is 1. The lowest BCUT2D eigenvalue weighted by Gasteiger charge is -2.21. The minimum atomic E-state index is -0.621. The molecule has 0 saturated carbocycles. The van der Waals surface area contributed by atoms with Gasteiger partial charge in [-0.3, -0.25) is 14.6 Å². The normalized spacial score (nSPS) is 11.8. The molecule has 2 amide bonds. The van der Waals surface area contributed by atoms with Gasteiger partial charge < -0.3 is 10.6 Å². The van der Waals surface area contributed by atoms with Crippen molar-refractivity contribution >= 4 is 23.4 Å². The molecule has 24 heavy (non-hydrogen) atoms. The van der Waals surface area contributed by atoms with Crippen molar-refractivity contribution in [2.75, 3.05) is 0 Å². The van der Waals surface area contributed by atoms with Gasteiger partial charge in [0, 0.05) is 29.5 Å². The fourth-order valence-corrected chi connectivity index (χ4v) is 2.29. The molecular formula is C18H20ClN3O2. The molecule has 1 heterocycles. The van der Waals surface area contributed by atoms with Crippen molar-refractivity contribution in [2.24, 2.45) is 5.92 Å². The Balaban J connectivity index is 1.99. The molecule has 5 nitrogen and oxygen atoms in total. The fraction of sp³-hybridized carbons (Fsp3) is 0.278. The van der Waals surface area contributed by atoms with E-state index >= 15 is 0 Å². The quantitative estimate of drug-likeness (QED) is 0.845. The Labute approximate surface area is 146 Å². The van der Waals surface area contributed by atoms with Crippen molar-refractivity contribution in [2.45, 2.75) is 26.4 Å². The first-order valence-electron chi connectivity index (χ1n) is 7.70. The summed E-state index contributed by atoms with van der Waals surface area (Å²) in [6.45, 7) is 4.14. The molecule has 0 bridgehead atoms. The lowest BCUT2D eigenvalue weighted by molar-refractivity contribution is -0.124. The van der Waals surface area contributed by atoms with Gasteiger partial charge in [-0.25, -0.2) is 0 Å². The molecule has 1 aromatic heterocycles. The summed E-state index contributed by atoms with van der Waals surface area (Å²) in [5.41, 5.74) is 1.36. The van der Waals surface area contributed by atoms with Crippen molar-refractivity contribution < 1.29 is 9.59 Å². The zero-order chi connectivity index (χ0) is 17.5. The fourth-order valence-electron chi connectivity index (χ4n) is 2.16. The molecule has 6 heteroatoms. The molecule has 0 fully saturated rings. The van der Waals surface area contributed by atoms with Crippen molar-refractivity contribution in [3.63, 3.8) is 0 Å². The van der Waals surface area contributed by atoms with Crippen molar-refractivity contribution in [3.05, 3.63) is 64.9 Å². The minimum Gasteiger partial charge on any atom is -0.350 e. The van der Waals surface area contributed by atoms with Crippen LogP contribution in [-0.4, -0.2) is 22.8 Å². The highest BCUT2D eigenvalue weighted by atomic mass is 35.5. The van der Waals surface area contributed by atoms with Crippen molar-refractivity contribution in [3.8, 4) is 0 Å². The smallest absolute Gasteiger partial charge is 0.251 e. The second kappa shape index (κ2) is 8.45. The number of amides is 2. The standard InChI is InChI=1S/C18H20ClN3O2/c1-12(2)16(18(24)21-11-13-4-3-9-20-10-13)22-17(23)14-5-7-15(19)8-6-14/h3-10,12,16H,11H2,1-2H3,(H,21,24)(H,22,23)/t16-/m1/s1. The van der Waals surface area contributed by atoms with Gasteiger partial charge in [0.15, 0.2) is 0 Å². The summed E-state index contributed by atoms with van der Waals surface area (Å²) in [7, 11) is 0. The summed E-state index contributed by atoms with van der Waals surface area (Å²) in [6.07, 6.45) is 3.37. The summed E-state index contributed by atoms with van der Waals surface area (Å²) in [4.78, 5) is 28.7. The molecule has 0 aliphatic heterocycles. The topological polar surface area (TPSA) is 71.1 Å². The maximum atomic E-state index is 12.4. The zero-order valence-electron chi connectivity index (χ0n) is 13.6. The molecule has 0 radical (unpaired) electrons. The van der Waals surface area contributed by atoms with E-state index in [4.69, 9.17) is 11.6 Å². The van der Waals surface area contributed by atoms with Gasteiger partial charge in [-0.05, 0) is 41.8 Å². The summed E-state index contributed by atoms with van der Waals surface area (Å²) < 4.78 is 0. The van der Waals surface area contributed by atoms with Crippen LogP contribution in [-0.2, 0) is 11.3 Å². The third kappa shape index (κ3) is 5.06. The predicted molar refractivity (Wildman–Crippen MR) is 93.6 cm³/mol. The van der Waals surface area contributed by atoms with E-state index in [0.29, 0.717) is 17.1 Å². The number of halogens is 1. The monoisotopic (exact) mass is 345 g/mol. The molecule has 2 aromatic rings. The van der Waals surface area contributed by atoms with Crippen LogP contribution in [0, 0.1) is 5.92 Å². The molecule has 0 unspecified atom stereocenters. The van der Waals surface area contributed by atoms with Gasteiger partial charge in [0.05, 0.1) is 0 Å². The van der Waals surface area contributed by atoms with Crippen LogP contribution in [0.1, 0.15) is 29.8 Å². The maximum Gasteiger partial charge on any atom is 0.251 e. The van der Waals surface area contributed by atoms with Gasteiger partial charge in [0.25, 0.3) is 5.91 Å². The van der Waals surface area contributed by atoms with E-state index in [1.807, 2.05) is 26.0 Å². The summed E-state index contributed by atoms with van der Waals surface area (Å²) in [5, 5.41) is 6.17. The highest BCUT2D eigenvalue weighted by Gasteiger charge is 2.24. The van der Waals surface area contributed by atoms with E-state index in [2.05, 4.69) is 15.6 Å². The third-order valence-electron chi connectivity index (χ3n) is 3.53. The van der Waals surface area contributed by atoms with Crippen LogP contribution in [0.2, 0.25) is 5.02 Å². The van der Waals surface area contributed by atoms with Crippen LogP contribution >= 0.6 is 11.6 Å². The number of hydrogen-bond acceptors (Lipinski definition) is 3. The average molecular weight is 346 g/mol. The Morgan fingerprint density at radius 1 is 1.17 bits per heavy atom. The summed E-state index contributed by atoms with van der Waals surface area (Å²) in [6, 6.07) is 9.61. The van der Waals surface area contributed by atoms with Gasteiger partial charge in [-0.15, -0.1) is 0 Å². The van der Waals surface area contributed by atoms with Crippen LogP contribution in [0.5, 0.6) is 0 Å². The number of rotatable bonds is 6. The Morgan fingerprint density at radius 2 is 1.88 bits per heavy atom. The molecule has 2 N–H and O–H groups in total. The van der Waals surface area contributed by atoms with Crippen molar-refractivity contribution in [1.82, 2.24) is 15.6 Å². The maximum absolute atomic E-state index is 12.4. The number of carbonyl (C=O) groups excluding carboxylic acids is 2. The Morgan fingerprint density at radius 3 is 2.46 bits per heavy atom. The molecule has 0 spiro atoms. The molecule has 0 aliphatic carbocycles. The predicted octanol–water partition coefficient (Wildman–Crippen LogP) is 2.81. The highest BCUT2D eigenvalue weighted by Crippen LogP contribution is 2.11. The van der Waals surface area contributed by atoms with Crippen LogP contribution in [0.3, 0.4) is 0 Å². The van der Waals surface area contributed by atoms with E-state index in [1.54, 1.807) is 36.7 Å². The van der Waals surface area contributed by atoms with Gasteiger partial charge in [0.1, 0.15) is 6.04 Å². The molecule has 1 aromatic carbocycles. The lowest BCUT2D eigenvalue weighted by atomic mass is 10.0. The number of nitrogens with one attached hydrogen (secondary N) is 2. The van der Waals surface area contributed by atoms with Crippen LogP contribution < -0.4 is 10.6 Å². The molecule has 2 rings (SSSR count). The van der Waals surface area contributed by atoms with Crippen LogP contribution in [0.15, 0.2) is 48.8 Å². The molecule has 1 atom stereocenters. The number of hydrogen-bond donors (Lipinski definition) is 2. The molecule has 0 saturated heterocycles. The second-order valence-corrected chi connectivity index (χ2v) is 6.22. The van der Waals surface area contributed by atoms with Crippen molar-refractivity contribution in [1.29, 1.82) is 0 Å². The summed E-state index contributed by atoms with van der Waals surface area (Å²) in [5.74, 6) is -0.576. The van der Waals surface area contributed by atoms with Gasteiger partial charge in [-0.1, -0.05) is 31.5 Å². The molecule has 126 valence electrons. The van der Waals surface area contributed by atoms with E-state index < -0.39 is 6.04 Å². The first-order valence-corrected chi connectivity index (χ1v) is 8.08. The van der Waals surface area contributed by atoms with Gasteiger partial charge >= 0.3 is 0 Å². The van der Waals surface area contributed by atoms with E-state index in [9.17, 15) is 9.59 Å². The average Bonchev–Trinajstić information content (AvgIpc) is 2.58. The SMILES string of the molecule is CC(C)[C@@H](NC(=O)c1ccc(Cl)cc1)C(=O)NCc1cccnc1. The van der Waals surface area contributed by atoms with Gasteiger partial charge in [-0.2, -0.15) is 0 Å². The van der Waals surface area contributed by atoms with Gasteiger partial charge in [0.2, 0.25) is 5.91 Å². The first-order chi connectivity index (χ1) is 11.5. The van der Waals surface area contributed by atoms with E-state index in [0.717, 1.165) is 5.56 Å². The lowest BCUT2D eigenvalue weighted by Crippen LogP contribution is -2.49. The Bertz CT molecular complexity index is 687. The van der Waals surface area contributed by atoms with E-state index in [-0.39, 0.29) is 17.7 Å². The molecular weight excluding hydrogens is 326 g/mol. The summed E-state index contributed by atoms with van der Waals surface area (Å²) >= 11 is 5.82. The Kier molecular flexibility index (Phi) is 6.32. The minimum absolute atomic E-state index is 0.0462. The number of carbonyl (C=O) groups is 2. The first kappa shape index (κ1) is 17.9. The highest BCUT2D eigenvalue weighted by molar-refractivity contribution is 6.30. The largest absolute Gasteiger partial charge is 0.350 e. The second-order valence-electron chi connectivity index (χ2n) is 5.78. The number of pyridine rings is 1. The molecule has 0 aliphatic rings.